The molecule has 0 unspecified atom stereocenters. The van der Waals surface area contributed by atoms with Gasteiger partial charge in [0.25, 0.3) is 0 Å². The van der Waals surface area contributed by atoms with Crippen molar-refractivity contribution in [2.45, 2.75) is 51.4 Å². The molecule has 0 amide bonds. The van der Waals surface area contributed by atoms with Crippen molar-refractivity contribution in [1.82, 2.24) is 24.7 Å². The zero-order valence-corrected chi connectivity index (χ0v) is 13.4. The molecule has 118 valence electrons. The Hall–Kier alpha value is -1.49. The molecule has 22 heavy (non-hydrogen) atoms. The van der Waals surface area contributed by atoms with Gasteiger partial charge in [0.1, 0.15) is 0 Å². The number of hydrogen-bond acceptors (Lipinski definition) is 4. The van der Waals surface area contributed by atoms with Crippen LogP contribution in [0.3, 0.4) is 0 Å². The summed E-state index contributed by atoms with van der Waals surface area (Å²) in [6, 6.07) is 4.01. The monoisotopic (exact) mass is 299 g/mol. The number of aromatic nitrogens is 4. The molecule has 1 aliphatic carbocycles. The fourth-order valence-corrected chi connectivity index (χ4v) is 4.08. The van der Waals surface area contributed by atoms with Crippen LogP contribution in [0.2, 0.25) is 0 Å². The van der Waals surface area contributed by atoms with Crippen LogP contribution in [0.25, 0.3) is 5.65 Å². The normalized spacial score (nSPS) is 21.9. The maximum absolute atomic E-state index is 4.59. The number of nitrogens with zero attached hydrogens (tertiary/aromatic N) is 5. The second kappa shape index (κ2) is 5.95. The number of hydrogen-bond donors (Lipinski definition) is 0. The minimum atomic E-state index is 0.504. The van der Waals surface area contributed by atoms with E-state index in [0.717, 1.165) is 23.1 Å². The smallest absolute Gasteiger partial charge is 0.177 e. The summed E-state index contributed by atoms with van der Waals surface area (Å²) in [5.41, 5.74) is 1.89. The van der Waals surface area contributed by atoms with E-state index in [2.05, 4.69) is 20.2 Å². The fourth-order valence-electron chi connectivity index (χ4n) is 4.08. The van der Waals surface area contributed by atoms with Crippen LogP contribution in [0.1, 0.15) is 56.0 Å². The van der Waals surface area contributed by atoms with Crippen LogP contribution in [0.5, 0.6) is 0 Å². The van der Waals surface area contributed by atoms with E-state index >= 15 is 0 Å². The Balaban J connectivity index is 1.43. The number of fused-ring (bicyclic) bond motifs is 1. The minimum absolute atomic E-state index is 0.504. The van der Waals surface area contributed by atoms with Crippen molar-refractivity contribution in [3.05, 3.63) is 23.7 Å². The van der Waals surface area contributed by atoms with Crippen molar-refractivity contribution in [1.29, 1.82) is 0 Å². The standard InChI is InChI=1S/C17H25N5/c1-13-6-7-16-18-19-17(22(16)20-13)15-8-10-21(11-9-15)12-14-4-2-3-5-14/h6-7,14-15H,2-5,8-12H2,1H3. The van der Waals surface area contributed by atoms with Gasteiger partial charge in [0.05, 0.1) is 5.69 Å². The van der Waals surface area contributed by atoms with Gasteiger partial charge in [-0.15, -0.1) is 10.2 Å². The third-order valence-electron chi connectivity index (χ3n) is 5.36. The second-order valence-electron chi connectivity index (χ2n) is 7.03. The predicted octanol–water partition coefficient (Wildman–Crippen LogP) is 2.80. The van der Waals surface area contributed by atoms with E-state index in [1.807, 2.05) is 23.6 Å². The molecule has 1 saturated heterocycles. The first-order valence-corrected chi connectivity index (χ1v) is 8.71. The number of piperidine rings is 1. The van der Waals surface area contributed by atoms with Gasteiger partial charge in [0, 0.05) is 12.5 Å². The van der Waals surface area contributed by atoms with Crippen LogP contribution in [0.4, 0.5) is 0 Å². The van der Waals surface area contributed by atoms with E-state index < -0.39 is 0 Å². The van der Waals surface area contributed by atoms with Gasteiger partial charge in [-0.2, -0.15) is 9.61 Å². The first-order chi connectivity index (χ1) is 10.8. The molecule has 2 fully saturated rings. The SMILES string of the molecule is Cc1ccc2nnc(C3CCN(CC4CCCC4)CC3)n2n1. The largest absolute Gasteiger partial charge is 0.303 e. The topological polar surface area (TPSA) is 46.3 Å². The van der Waals surface area contributed by atoms with Gasteiger partial charge in [-0.3, -0.25) is 0 Å². The van der Waals surface area contributed by atoms with Gasteiger partial charge in [-0.05, 0) is 63.7 Å². The van der Waals surface area contributed by atoms with E-state index in [-0.39, 0.29) is 0 Å². The average Bonchev–Trinajstić information content (AvgIpc) is 3.17. The van der Waals surface area contributed by atoms with Crippen LogP contribution in [0, 0.1) is 12.8 Å². The third-order valence-corrected chi connectivity index (χ3v) is 5.36. The minimum Gasteiger partial charge on any atom is -0.303 e. The first kappa shape index (κ1) is 14.1. The molecule has 2 aliphatic rings. The van der Waals surface area contributed by atoms with Crippen LogP contribution in [0.15, 0.2) is 12.1 Å². The molecule has 0 aromatic carbocycles. The molecule has 0 radical (unpaired) electrons. The molecule has 1 saturated carbocycles. The summed E-state index contributed by atoms with van der Waals surface area (Å²) in [5, 5.41) is 13.3. The van der Waals surface area contributed by atoms with Crippen LogP contribution in [-0.4, -0.2) is 44.3 Å². The highest BCUT2D eigenvalue weighted by molar-refractivity contribution is 5.36. The molecule has 4 rings (SSSR count). The highest BCUT2D eigenvalue weighted by Crippen LogP contribution is 2.30. The molecule has 0 atom stereocenters. The lowest BCUT2D eigenvalue weighted by Gasteiger charge is -2.32. The van der Waals surface area contributed by atoms with Gasteiger partial charge in [-0.25, -0.2) is 0 Å². The fraction of sp³-hybridized carbons (Fsp3) is 0.706. The molecule has 5 nitrogen and oxygen atoms in total. The number of aryl methyl sites for hydroxylation is 1. The van der Waals surface area contributed by atoms with Crippen molar-refractivity contribution in [3.63, 3.8) is 0 Å². The lowest BCUT2D eigenvalue weighted by atomic mass is 9.95. The molecular weight excluding hydrogens is 274 g/mol. The molecule has 2 aromatic rings. The quantitative estimate of drug-likeness (QED) is 0.874. The van der Waals surface area contributed by atoms with Crippen LogP contribution in [-0.2, 0) is 0 Å². The van der Waals surface area contributed by atoms with E-state index in [1.165, 1.54) is 58.2 Å². The van der Waals surface area contributed by atoms with Crippen molar-refractivity contribution in [3.8, 4) is 0 Å². The van der Waals surface area contributed by atoms with Crippen molar-refractivity contribution in [2.75, 3.05) is 19.6 Å². The lowest BCUT2D eigenvalue weighted by Crippen LogP contribution is -2.36. The zero-order valence-electron chi connectivity index (χ0n) is 13.4. The maximum Gasteiger partial charge on any atom is 0.177 e. The van der Waals surface area contributed by atoms with E-state index in [0.29, 0.717) is 5.92 Å². The average molecular weight is 299 g/mol. The first-order valence-electron chi connectivity index (χ1n) is 8.71. The molecule has 2 aromatic heterocycles. The molecule has 5 heteroatoms. The Kier molecular flexibility index (Phi) is 3.82. The molecular formula is C17H25N5. The van der Waals surface area contributed by atoms with Crippen LogP contribution < -0.4 is 0 Å². The van der Waals surface area contributed by atoms with Gasteiger partial charge >= 0.3 is 0 Å². The molecule has 0 bridgehead atoms. The van der Waals surface area contributed by atoms with E-state index in [9.17, 15) is 0 Å². The number of likely N-dealkylation sites (tertiary alicyclic amines) is 1. The second-order valence-corrected chi connectivity index (χ2v) is 7.03. The Morgan fingerprint density at radius 3 is 2.59 bits per heavy atom. The van der Waals surface area contributed by atoms with Crippen molar-refractivity contribution >= 4 is 5.65 Å². The van der Waals surface area contributed by atoms with E-state index in [1.54, 1.807) is 0 Å². The predicted molar refractivity (Wildman–Crippen MR) is 85.9 cm³/mol. The van der Waals surface area contributed by atoms with Crippen molar-refractivity contribution in [2.24, 2.45) is 5.92 Å². The molecule has 1 aliphatic heterocycles. The maximum atomic E-state index is 4.59. The summed E-state index contributed by atoms with van der Waals surface area (Å²) in [6.07, 6.45) is 8.14. The summed E-state index contributed by atoms with van der Waals surface area (Å²) in [5.74, 6) is 2.51. The lowest BCUT2D eigenvalue weighted by molar-refractivity contribution is 0.180. The summed E-state index contributed by atoms with van der Waals surface area (Å²) in [6.45, 7) is 5.72. The highest BCUT2D eigenvalue weighted by atomic mass is 15.4. The molecule has 3 heterocycles. The van der Waals surface area contributed by atoms with Gasteiger partial charge in [0.2, 0.25) is 0 Å². The Morgan fingerprint density at radius 2 is 1.82 bits per heavy atom. The Morgan fingerprint density at radius 1 is 1.05 bits per heavy atom. The number of rotatable bonds is 3. The zero-order chi connectivity index (χ0) is 14.9. The highest BCUT2D eigenvalue weighted by Gasteiger charge is 2.27. The van der Waals surface area contributed by atoms with Gasteiger partial charge < -0.3 is 4.90 Å². The summed E-state index contributed by atoms with van der Waals surface area (Å²) >= 11 is 0. The van der Waals surface area contributed by atoms with Crippen LogP contribution >= 0.6 is 0 Å². The third kappa shape index (κ3) is 2.74. The van der Waals surface area contributed by atoms with E-state index in [4.69, 9.17) is 0 Å². The summed E-state index contributed by atoms with van der Waals surface area (Å²) < 4.78 is 1.95. The molecule has 0 N–H and O–H groups in total. The summed E-state index contributed by atoms with van der Waals surface area (Å²) in [7, 11) is 0. The van der Waals surface area contributed by atoms with Gasteiger partial charge in [-0.1, -0.05) is 12.8 Å². The Labute approximate surface area is 131 Å². The summed E-state index contributed by atoms with van der Waals surface area (Å²) in [4.78, 5) is 2.66. The Bertz CT molecular complexity index is 636. The van der Waals surface area contributed by atoms with Gasteiger partial charge in [0.15, 0.2) is 11.5 Å². The molecule has 0 spiro atoms. The van der Waals surface area contributed by atoms with Crippen molar-refractivity contribution < 1.29 is 0 Å².